The predicted octanol–water partition coefficient (Wildman–Crippen LogP) is 21.5. The Labute approximate surface area is 438 Å². The van der Waals surface area contributed by atoms with Crippen molar-refractivity contribution in [2.75, 3.05) is 13.2 Å². The minimum atomic E-state index is -0.760. The maximum absolute atomic E-state index is 12.8. The van der Waals surface area contributed by atoms with Crippen LogP contribution >= 0.6 is 0 Å². The Morgan fingerprint density at radius 3 is 0.571 bits per heavy atom. The normalized spacial score (nSPS) is 11.9. The van der Waals surface area contributed by atoms with Gasteiger partial charge in [0.05, 0.1) is 0 Å². The van der Waals surface area contributed by atoms with Crippen LogP contribution in [-0.2, 0) is 28.6 Å². The molecule has 0 aromatic rings. The van der Waals surface area contributed by atoms with E-state index in [1.54, 1.807) is 0 Å². The number of carbonyl (C=O) groups excluding carboxylic acids is 3. The third-order valence-electron chi connectivity index (χ3n) is 14.9. The van der Waals surface area contributed by atoms with Crippen molar-refractivity contribution in [1.29, 1.82) is 0 Å². The van der Waals surface area contributed by atoms with Gasteiger partial charge in [-0.3, -0.25) is 14.4 Å². The predicted molar refractivity (Wildman–Crippen MR) is 303 cm³/mol. The van der Waals surface area contributed by atoms with Crippen molar-refractivity contribution < 1.29 is 28.6 Å². The molecule has 0 aliphatic heterocycles. The van der Waals surface area contributed by atoms with Crippen LogP contribution in [0.2, 0.25) is 0 Å². The van der Waals surface area contributed by atoms with Crippen LogP contribution in [0.5, 0.6) is 0 Å². The first-order valence-corrected chi connectivity index (χ1v) is 32.0. The van der Waals surface area contributed by atoms with Crippen LogP contribution in [0.25, 0.3) is 0 Å². The summed E-state index contributed by atoms with van der Waals surface area (Å²) in [5.41, 5.74) is 0. The van der Waals surface area contributed by atoms with E-state index in [-0.39, 0.29) is 31.1 Å². The molecule has 70 heavy (non-hydrogen) atoms. The number of esters is 3. The fraction of sp³-hybridized carbons (Fsp3) is 0.953. The average Bonchev–Trinajstić information content (AvgIpc) is 3.36. The molecule has 0 aromatic carbocycles. The van der Waals surface area contributed by atoms with Crippen molar-refractivity contribution >= 4 is 17.9 Å². The second-order valence-corrected chi connectivity index (χ2v) is 22.1. The number of carbonyl (C=O) groups is 3. The lowest BCUT2D eigenvalue weighted by Crippen LogP contribution is -2.30. The lowest BCUT2D eigenvalue weighted by Gasteiger charge is -2.18. The van der Waals surface area contributed by atoms with Gasteiger partial charge in [-0.2, -0.15) is 0 Å². The molecule has 0 bridgehead atoms. The molecule has 0 amide bonds. The molecule has 0 radical (unpaired) electrons. The minimum Gasteiger partial charge on any atom is -0.462 e. The molecule has 0 aromatic heterocycles. The Morgan fingerprint density at radius 2 is 0.386 bits per heavy atom. The van der Waals surface area contributed by atoms with E-state index < -0.39 is 6.10 Å². The van der Waals surface area contributed by atoms with Gasteiger partial charge in [-0.05, 0) is 19.3 Å². The zero-order valence-electron chi connectivity index (χ0n) is 47.8. The van der Waals surface area contributed by atoms with Crippen molar-refractivity contribution in [2.45, 2.75) is 380 Å². The molecule has 1 unspecified atom stereocenters. The Morgan fingerprint density at radius 1 is 0.229 bits per heavy atom. The second-order valence-electron chi connectivity index (χ2n) is 22.1. The molecule has 0 aliphatic rings. The van der Waals surface area contributed by atoms with Gasteiger partial charge in [0.1, 0.15) is 13.2 Å². The lowest BCUT2D eigenvalue weighted by atomic mass is 10.0. The standard InChI is InChI=1S/C64H124O6/c1-4-7-10-13-16-18-20-22-24-26-28-29-30-31-32-33-34-35-36-37-39-40-42-44-46-48-51-54-57-63(66)69-60-61(59-68-62(65)56-53-50-15-12-9-6-3)70-64(67)58-55-52-49-47-45-43-41-38-27-25-23-21-19-17-14-11-8-5-2/h61H,4-60H2,1-3H3. The summed E-state index contributed by atoms with van der Waals surface area (Å²) in [6, 6.07) is 0. The summed E-state index contributed by atoms with van der Waals surface area (Å²) in [4.78, 5) is 38.0. The zero-order chi connectivity index (χ0) is 50.7. The van der Waals surface area contributed by atoms with Crippen LogP contribution < -0.4 is 0 Å². The van der Waals surface area contributed by atoms with E-state index in [2.05, 4.69) is 20.8 Å². The maximum atomic E-state index is 12.8. The fourth-order valence-electron chi connectivity index (χ4n) is 10.0. The van der Waals surface area contributed by atoms with Gasteiger partial charge in [-0.25, -0.2) is 0 Å². The van der Waals surface area contributed by atoms with E-state index >= 15 is 0 Å². The van der Waals surface area contributed by atoms with Gasteiger partial charge in [0, 0.05) is 19.3 Å². The van der Waals surface area contributed by atoms with Gasteiger partial charge in [0.15, 0.2) is 6.10 Å². The van der Waals surface area contributed by atoms with Crippen molar-refractivity contribution in [3.05, 3.63) is 0 Å². The fourth-order valence-corrected chi connectivity index (χ4v) is 10.0. The molecule has 0 saturated carbocycles. The lowest BCUT2D eigenvalue weighted by molar-refractivity contribution is -0.167. The van der Waals surface area contributed by atoms with Gasteiger partial charge >= 0.3 is 17.9 Å². The Kier molecular flexibility index (Phi) is 58.6. The molecule has 0 saturated heterocycles. The van der Waals surface area contributed by atoms with Crippen LogP contribution in [-0.4, -0.2) is 37.2 Å². The summed E-state index contributed by atoms with van der Waals surface area (Å²) < 4.78 is 16.8. The number of hydrogen-bond acceptors (Lipinski definition) is 6. The summed E-state index contributed by atoms with van der Waals surface area (Å²) in [6.07, 6.45) is 68.8. The first-order valence-electron chi connectivity index (χ1n) is 32.0. The third kappa shape index (κ3) is 57.3. The Bertz CT molecular complexity index is 1040. The summed E-state index contributed by atoms with van der Waals surface area (Å²) in [5, 5.41) is 0. The Balaban J connectivity index is 3.96. The highest BCUT2D eigenvalue weighted by Crippen LogP contribution is 2.19. The van der Waals surface area contributed by atoms with Crippen LogP contribution in [0.15, 0.2) is 0 Å². The highest BCUT2D eigenvalue weighted by atomic mass is 16.6. The van der Waals surface area contributed by atoms with Crippen molar-refractivity contribution in [1.82, 2.24) is 0 Å². The van der Waals surface area contributed by atoms with Gasteiger partial charge in [0.25, 0.3) is 0 Å². The first kappa shape index (κ1) is 68.4. The van der Waals surface area contributed by atoms with E-state index in [9.17, 15) is 14.4 Å². The van der Waals surface area contributed by atoms with Gasteiger partial charge in [-0.15, -0.1) is 0 Å². The third-order valence-corrected chi connectivity index (χ3v) is 14.9. The van der Waals surface area contributed by atoms with E-state index in [1.807, 2.05) is 0 Å². The van der Waals surface area contributed by atoms with E-state index in [4.69, 9.17) is 14.2 Å². The molecule has 0 aliphatic carbocycles. The topological polar surface area (TPSA) is 78.9 Å². The highest BCUT2D eigenvalue weighted by molar-refractivity contribution is 5.71. The molecule has 1 atom stereocenters. The van der Waals surface area contributed by atoms with Crippen LogP contribution in [0.1, 0.15) is 374 Å². The van der Waals surface area contributed by atoms with E-state index in [1.165, 1.54) is 276 Å². The molecule has 0 spiro atoms. The van der Waals surface area contributed by atoms with Gasteiger partial charge in [-0.1, -0.05) is 335 Å². The zero-order valence-corrected chi connectivity index (χ0v) is 47.8. The molecule has 6 nitrogen and oxygen atoms in total. The number of unbranched alkanes of at least 4 members (excludes halogenated alkanes) is 49. The molecular formula is C64H124O6. The number of hydrogen-bond donors (Lipinski definition) is 0. The largest absolute Gasteiger partial charge is 0.462 e. The SMILES string of the molecule is CCCCCCCCCCCCCCCCCCCCCCCCCCCCCCC(=O)OCC(COC(=O)CCCCCCCC)OC(=O)CCCCCCCCCCCCCCCCCCCC. The molecule has 416 valence electrons. The van der Waals surface area contributed by atoms with Crippen LogP contribution in [0.4, 0.5) is 0 Å². The summed E-state index contributed by atoms with van der Waals surface area (Å²) in [7, 11) is 0. The summed E-state index contributed by atoms with van der Waals surface area (Å²) in [6.45, 7) is 6.66. The number of ether oxygens (including phenoxy) is 3. The quantitative estimate of drug-likeness (QED) is 0.0343. The second kappa shape index (κ2) is 60.0. The summed E-state index contributed by atoms with van der Waals surface area (Å²) >= 11 is 0. The first-order chi connectivity index (χ1) is 34.5. The van der Waals surface area contributed by atoms with Crippen LogP contribution in [0, 0.1) is 0 Å². The average molecular weight is 990 g/mol. The van der Waals surface area contributed by atoms with Gasteiger partial charge < -0.3 is 14.2 Å². The smallest absolute Gasteiger partial charge is 0.306 e. The Hall–Kier alpha value is -1.59. The van der Waals surface area contributed by atoms with Crippen molar-refractivity contribution in [2.24, 2.45) is 0 Å². The molecule has 0 heterocycles. The maximum Gasteiger partial charge on any atom is 0.306 e. The molecule has 0 N–H and O–H groups in total. The minimum absolute atomic E-state index is 0.0620. The molecule has 0 fully saturated rings. The molecule has 6 heteroatoms. The van der Waals surface area contributed by atoms with Crippen LogP contribution in [0.3, 0.4) is 0 Å². The monoisotopic (exact) mass is 989 g/mol. The van der Waals surface area contributed by atoms with Crippen molar-refractivity contribution in [3.63, 3.8) is 0 Å². The van der Waals surface area contributed by atoms with E-state index in [0.29, 0.717) is 19.3 Å². The highest BCUT2D eigenvalue weighted by Gasteiger charge is 2.19. The molecule has 0 rings (SSSR count). The number of rotatable bonds is 60. The summed E-state index contributed by atoms with van der Waals surface area (Å²) in [5.74, 6) is -0.842. The molecular weight excluding hydrogens is 865 g/mol. The van der Waals surface area contributed by atoms with Gasteiger partial charge in [0.2, 0.25) is 0 Å². The van der Waals surface area contributed by atoms with Crippen molar-refractivity contribution in [3.8, 4) is 0 Å². The van der Waals surface area contributed by atoms with E-state index in [0.717, 1.165) is 57.8 Å².